The van der Waals surface area contributed by atoms with Crippen molar-refractivity contribution >= 4 is 23.1 Å². The molecular formula is C21H14BF7O. The molecule has 9 heteroatoms. The second-order valence-electron chi connectivity index (χ2n) is 6.78. The van der Waals surface area contributed by atoms with E-state index in [1.807, 2.05) is 0 Å². The van der Waals surface area contributed by atoms with Crippen LogP contribution >= 0.6 is 0 Å². The molecule has 0 aliphatic rings. The lowest BCUT2D eigenvalue weighted by molar-refractivity contribution is 0.379. The molecule has 0 bridgehead atoms. The fourth-order valence-electron chi connectivity index (χ4n) is 3.28. The van der Waals surface area contributed by atoms with Crippen LogP contribution in [0.1, 0.15) is 11.1 Å². The van der Waals surface area contributed by atoms with Crippen LogP contribution in [0.25, 0.3) is 0 Å². The summed E-state index contributed by atoms with van der Waals surface area (Å²) in [4.78, 5) is 0. The van der Waals surface area contributed by atoms with Crippen molar-refractivity contribution in [3.8, 4) is 5.75 Å². The van der Waals surface area contributed by atoms with Crippen molar-refractivity contribution in [2.45, 2.75) is 13.8 Å². The second-order valence-corrected chi connectivity index (χ2v) is 6.78. The monoisotopic (exact) mass is 426 g/mol. The molecule has 3 rings (SSSR count). The van der Waals surface area contributed by atoms with Crippen molar-refractivity contribution in [3.05, 3.63) is 82.2 Å². The van der Waals surface area contributed by atoms with Gasteiger partial charge in [0.25, 0.3) is 6.71 Å². The summed E-state index contributed by atoms with van der Waals surface area (Å²) in [6.07, 6.45) is 0. The fraction of sp³-hybridized carbons (Fsp3) is 0.143. The van der Waals surface area contributed by atoms with Crippen molar-refractivity contribution in [2.75, 3.05) is 7.11 Å². The molecule has 0 saturated carbocycles. The minimum Gasteiger partial charge on any atom is -0.494 e. The summed E-state index contributed by atoms with van der Waals surface area (Å²) in [7, 11) is 1.000. The highest BCUT2D eigenvalue weighted by atomic mass is 19.2. The third kappa shape index (κ3) is 3.64. The Balaban J connectivity index is 2.47. The Morgan fingerprint density at radius 1 is 0.600 bits per heavy atom. The zero-order valence-corrected chi connectivity index (χ0v) is 16.0. The normalized spacial score (nSPS) is 11.0. The standard InChI is InChI=1S/C21H14BF7O/c1-9-4-11(15(25)6-13(9)23)22(12-5-10(2)14(24)7-16(12)26)19-20(28)17(27)8-18(30-3)21(19)29/h4-8H,1-3H3. The van der Waals surface area contributed by atoms with Crippen LogP contribution < -0.4 is 21.1 Å². The number of rotatable bonds is 4. The van der Waals surface area contributed by atoms with Gasteiger partial charge in [0.1, 0.15) is 23.3 Å². The van der Waals surface area contributed by atoms with Crippen LogP contribution in [-0.4, -0.2) is 13.8 Å². The molecule has 1 nitrogen and oxygen atoms in total. The highest BCUT2D eigenvalue weighted by Gasteiger charge is 2.36. The molecule has 0 aliphatic heterocycles. The van der Waals surface area contributed by atoms with Gasteiger partial charge in [-0.1, -0.05) is 12.1 Å². The molecule has 156 valence electrons. The molecule has 0 N–H and O–H groups in total. The molecule has 0 saturated heterocycles. The van der Waals surface area contributed by atoms with E-state index in [1.54, 1.807) is 0 Å². The zero-order chi connectivity index (χ0) is 22.3. The number of aryl methyl sites for hydroxylation is 2. The lowest BCUT2D eigenvalue weighted by atomic mass is 9.36. The predicted molar refractivity (Wildman–Crippen MR) is 99.7 cm³/mol. The Labute approximate surface area is 168 Å². The summed E-state index contributed by atoms with van der Waals surface area (Å²) < 4.78 is 106. The van der Waals surface area contributed by atoms with E-state index in [4.69, 9.17) is 4.74 Å². The minimum atomic E-state index is -1.90. The summed E-state index contributed by atoms with van der Waals surface area (Å²) in [5.74, 6) is -9.70. The average Bonchev–Trinajstić information content (AvgIpc) is 2.68. The van der Waals surface area contributed by atoms with Crippen LogP contribution in [0.2, 0.25) is 0 Å². The molecule has 3 aromatic rings. The average molecular weight is 426 g/mol. The van der Waals surface area contributed by atoms with Crippen LogP contribution in [0.15, 0.2) is 30.3 Å². The first kappa shape index (κ1) is 21.7. The lowest BCUT2D eigenvalue weighted by Gasteiger charge is -2.21. The van der Waals surface area contributed by atoms with Crippen molar-refractivity contribution in [2.24, 2.45) is 0 Å². The molecule has 0 aliphatic carbocycles. The molecule has 0 unspecified atom stereocenters. The number of ether oxygens (including phenoxy) is 1. The molecule has 0 atom stereocenters. The maximum absolute atomic E-state index is 15.0. The predicted octanol–water partition coefficient (Wildman–Crippen LogP) is 3.80. The van der Waals surface area contributed by atoms with Crippen LogP contribution in [-0.2, 0) is 0 Å². The van der Waals surface area contributed by atoms with E-state index in [9.17, 15) is 26.3 Å². The van der Waals surface area contributed by atoms with Gasteiger partial charge in [0.15, 0.2) is 23.2 Å². The molecular weight excluding hydrogens is 412 g/mol. The summed E-state index contributed by atoms with van der Waals surface area (Å²) in [5.41, 5.74) is -2.30. The molecule has 3 aromatic carbocycles. The molecule has 0 fully saturated rings. The van der Waals surface area contributed by atoms with Gasteiger partial charge < -0.3 is 4.74 Å². The number of hydrogen-bond acceptors (Lipinski definition) is 1. The van der Waals surface area contributed by atoms with E-state index in [0.29, 0.717) is 18.2 Å². The molecule has 0 aromatic heterocycles. The fourth-order valence-corrected chi connectivity index (χ4v) is 3.28. The van der Waals surface area contributed by atoms with Crippen LogP contribution in [0.3, 0.4) is 0 Å². The highest BCUT2D eigenvalue weighted by molar-refractivity contribution is 6.95. The smallest absolute Gasteiger partial charge is 0.256 e. The van der Waals surface area contributed by atoms with Gasteiger partial charge >= 0.3 is 0 Å². The van der Waals surface area contributed by atoms with Gasteiger partial charge in [0, 0.05) is 23.7 Å². The Hall–Kier alpha value is -2.97. The van der Waals surface area contributed by atoms with Crippen molar-refractivity contribution in [1.82, 2.24) is 0 Å². The lowest BCUT2D eigenvalue weighted by Crippen LogP contribution is -2.57. The van der Waals surface area contributed by atoms with Gasteiger partial charge in [0.05, 0.1) is 7.11 Å². The van der Waals surface area contributed by atoms with E-state index in [-0.39, 0.29) is 11.1 Å². The molecule has 30 heavy (non-hydrogen) atoms. The maximum Gasteiger partial charge on any atom is 0.256 e. The van der Waals surface area contributed by atoms with Gasteiger partial charge in [-0.15, -0.1) is 0 Å². The summed E-state index contributed by atoms with van der Waals surface area (Å²) >= 11 is 0. The summed E-state index contributed by atoms with van der Waals surface area (Å²) in [5, 5.41) is 0. The number of benzene rings is 3. The molecule has 0 radical (unpaired) electrons. The quantitative estimate of drug-likeness (QED) is 0.351. The summed E-state index contributed by atoms with van der Waals surface area (Å²) in [6.45, 7) is 0.634. The Morgan fingerprint density at radius 3 is 1.50 bits per heavy atom. The highest BCUT2D eigenvalue weighted by Crippen LogP contribution is 2.21. The SMILES string of the molecule is COc1cc(F)c(F)c(B(c2cc(C)c(F)cc2F)c2cc(C)c(F)cc2F)c1F. The molecule has 0 amide bonds. The van der Waals surface area contributed by atoms with E-state index in [1.165, 1.54) is 13.8 Å². The van der Waals surface area contributed by atoms with Crippen LogP contribution in [0.5, 0.6) is 5.75 Å². The zero-order valence-electron chi connectivity index (χ0n) is 16.0. The van der Waals surface area contributed by atoms with Crippen molar-refractivity contribution in [1.29, 1.82) is 0 Å². The first-order valence-corrected chi connectivity index (χ1v) is 8.69. The van der Waals surface area contributed by atoms with E-state index in [0.717, 1.165) is 19.2 Å². The molecule has 0 spiro atoms. The third-order valence-corrected chi connectivity index (χ3v) is 4.84. The van der Waals surface area contributed by atoms with Gasteiger partial charge in [-0.25, -0.2) is 30.7 Å². The van der Waals surface area contributed by atoms with Gasteiger partial charge in [-0.2, -0.15) is 0 Å². The van der Waals surface area contributed by atoms with Crippen molar-refractivity contribution in [3.63, 3.8) is 0 Å². The van der Waals surface area contributed by atoms with Crippen molar-refractivity contribution < 1.29 is 35.5 Å². The molecule has 0 heterocycles. The van der Waals surface area contributed by atoms with Gasteiger partial charge in [0.2, 0.25) is 0 Å². The Kier molecular flexibility index (Phi) is 5.83. The number of methoxy groups -OCH3 is 1. The van der Waals surface area contributed by atoms with E-state index in [2.05, 4.69) is 0 Å². The first-order valence-electron chi connectivity index (χ1n) is 8.69. The minimum absolute atomic E-state index is 0.0974. The van der Waals surface area contributed by atoms with E-state index < -0.39 is 69.6 Å². The van der Waals surface area contributed by atoms with E-state index >= 15 is 4.39 Å². The van der Waals surface area contributed by atoms with Crippen LogP contribution in [0, 0.1) is 54.6 Å². The summed E-state index contributed by atoms with van der Waals surface area (Å²) in [6, 6.07) is 3.26. The van der Waals surface area contributed by atoms with Gasteiger partial charge in [-0.3, -0.25) is 0 Å². The second kappa shape index (κ2) is 8.05. The largest absolute Gasteiger partial charge is 0.494 e. The Morgan fingerprint density at radius 2 is 1.07 bits per heavy atom. The Bertz CT molecular complexity index is 1090. The number of halogens is 7. The first-order chi connectivity index (χ1) is 14.1. The van der Waals surface area contributed by atoms with Gasteiger partial charge in [-0.05, 0) is 35.9 Å². The van der Waals surface area contributed by atoms with Crippen LogP contribution in [0.4, 0.5) is 30.7 Å². The number of hydrogen-bond donors (Lipinski definition) is 0. The topological polar surface area (TPSA) is 9.23 Å². The maximum atomic E-state index is 15.0. The third-order valence-electron chi connectivity index (χ3n) is 4.84.